The summed E-state index contributed by atoms with van der Waals surface area (Å²) in [5.74, 6) is 4.30. The highest BCUT2D eigenvalue weighted by atomic mass is 16.3. The van der Waals surface area contributed by atoms with Crippen LogP contribution in [0.3, 0.4) is 0 Å². The second-order valence-electron chi connectivity index (χ2n) is 8.97. The summed E-state index contributed by atoms with van der Waals surface area (Å²) in [7, 11) is 0. The molecule has 4 rings (SSSR count). The molecule has 0 aromatic heterocycles. The zero-order chi connectivity index (χ0) is 15.5. The number of fused-ring (bicyclic) bond motifs is 5. The van der Waals surface area contributed by atoms with E-state index in [4.69, 9.17) is 0 Å². The van der Waals surface area contributed by atoms with Crippen molar-refractivity contribution in [3.63, 3.8) is 0 Å². The molecule has 2 nitrogen and oxygen atoms in total. The quantitative estimate of drug-likeness (QED) is 0.795. The lowest BCUT2D eigenvalue weighted by molar-refractivity contribution is -0.117. The van der Waals surface area contributed by atoms with Crippen molar-refractivity contribution in [2.75, 3.05) is 6.61 Å². The molecule has 0 aliphatic heterocycles. The zero-order valence-electron chi connectivity index (χ0n) is 14.1. The molecule has 0 aromatic rings. The van der Waals surface area contributed by atoms with Crippen molar-refractivity contribution in [2.45, 2.75) is 58.8 Å². The molecule has 0 aromatic carbocycles. The van der Waals surface area contributed by atoms with Gasteiger partial charge in [-0.2, -0.15) is 0 Å². The van der Waals surface area contributed by atoms with E-state index in [0.717, 1.165) is 31.1 Å². The zero-order valence-corrected chi connectivity index (χ0v) is 14.1. The number of aliphatic hydroxyl groups excluding tert-OH is 1. The number of carbonyl (C=O) groups excluding carboxylic acids is 1. The Hall–Kier alpha value is -0.630. The molecule has 22 heavy (non-hydrogen) atoms. The molecule has 7 atom stereocenters. The summed E-state index contributed by atoms with van der Waals surface area (Å²) in [5.41, 5.74) is 1.89. The number of ketones is 1. The maximum Gasteiger partial charge on any atom is 0.155 e. The highest BCUT2D eigenvalue weighted by Crippen LogP contribution is 2.64. The van der Waals surface area contributed by atoms with Crippen LogP contribution in [0.2, 0.25) is 0 Å². The van der Waals surface area contributed by atoms with Crippen molar-refractivity contribution < 1.29 is 9.90 Å². The van der Waals surface area contributed by atoms with Crippen molar-refractivity contribution in [2.24, 2.45) is 40.9 Å². The third-order valence-electron chi connectivity index (χ3n) is 7.78. The largest absolute Gasteiger partial charge is 0.396 e. The molecule has 0 spiro atoms. The fourth-order valence-corrected chi connectivity index (χ4v) is 7.07. The highest BCUT2D eigenvalue weighted by Gasteiger charge is 2.57. The molecule has 0 radical (unpaired) electrons. The number of hydrogen-bond donors (Lipinski definition) is 1. The van der Waals surface area contributed by atoms with Gasteiger partial charge in [-0.15, -0.1) is 0 Å². The topological polar surface area (TPSA) is 37.3 Å². The van der Waals surface area contributed by atoms with Gasteiger partial charge in [0.2, 0.25) is 0 Å². The molecule has 2 heteroatoms. The smallest absolute Gasteiger partial charge is 0.155 e. The van der Waals surface area contributed by atoms with E-state index in [2.05, 4.69) is 13.8 Å². The maximum absolute atomic E-state index is 11.8. The second kappa shape index (κ2) is 5.19. The number of allylic oxidation sites excluding steroid dienone is 1. The van der Waals surface area contributed by atoms with Gasteiger partial charge in [-0.25, -0.2) is 0 Å². The van der Waals surface area contributed by atoms with Crippen LogP contribution in [0.5, 0.6) is 0 Å². The van der Waals surface area contributed by atoms with E-state index < -0.39 is 0 Å². The minimum Gasteiger partial charge on any atom is -0.396 e. The van der Waals surface area contributed by atoms with E-state index in [-0.39, 0.29) is 0 Å². The normalized spacial score (nSPS) is 50.9. The summed E-state index contributed by atoms with van der Waals surface area (Å²) in [6, 6.07) is 0. The van der Waals surface area contributed by atoms with Gasteiger partial charge in [0.15, 0.2) is 5.78 Å². The van der Waals surface area contributed by atoms with Crippen LogP contribution in [0, 0.1) is 40.9 Å². The Bertz CT molecular complexity index is 508. The van der Waals surface area contributed by atoms with Crippen LogP contribution < -0.4 is 0 Å². The average molecular weight is 302 g/mol. The Labute approximate surface area is 134 Å². The van der Waals surface area contributed by atoms with Crippen LogP contribution >= 0.6 is 0 Å². The minimum atomic E-state index is 0.332. The van der Waals surface area contributed by atoms with Crippen LogP contribution in [0.1, 0.15) is 58.8 Å². The lowest BCUT2D eigenvalue weighted by atomic mass is 9.47. The van der Waals surface area contributed by atoms with Crippen LogP contribution in [0.25, 0.3) is 0 Å². The number of aliphatic hydroxyl groups is 1. The van der Waals surface area contributed by atoms with E-state index in [1.165, 1.54) is 31.3 Å². The summed E-state index contributed by atoms with van der Waals surface area (Å²) in [6.07, 6.45) is 10.2. The predicted octanol–water partition coefficient (Wildman–Crippen LogP) is 3.98. The summed E-state index contributed by atoms with van der Waals surface area (Å²) in [5, 5.41) is 10.1. The molecular formula is C20H30O2. The Morgan fingerprint density at radius 3 is 2.91 bits per heavy atom. The standard InChI is InChI=1S/C20H30O2/c1-12-8-13-9-15(22)5-6-16(13)19-14(11-21)10-20(2)7-3-4-17(20)18(12)19/h9,12,14,16-19,21H,3-8,10-11H2,1-2H3/t12-,14-,16+,17+,18+,19-,20+/m1/s1. The van der Waals surface area contributed by atoms with Crippen molar-refractivity contribution in [3.05, 3.63) is 11.6 Å². The first kappa shape index (κ1) is 14.9. The van der Waals surface area contributed by atoms with Crippen molar-refractivity contribution in [1.82, 2.24) is 0 Å². The van der Waals surface area contributed by atoms with Crippen LogP contribution in [0.15, 0.2) is 11.6 Å². The Morgan fingerprint density at radius 1 is 1.32 bits per heavy atom. The molecule has 1 N–H and O–H groups in total. The first-order valence-electron chi connectivity index (χ1n) is 9.37. The first-order valence-corrected chi connectivity index (χ1v) is 9.37. The molecule has 0 heterocycles. The molecule has 4 aliphatic carbocycles. The summed E-state index contributed by atoms with van der Waals surface area (Å²) < 4.78 is 0. The van der Waals surface area contributed by atoms with Crippen molar-refractivity contribution in [1.29, 1.82) is 0 Å². The van der Waals surface area contributed by atoms with Gasteiger partial charge in [-0.3, -0.25) is 4.79 Å². The molecule has 122 valence electrons. The fourth-order valence-electron chi connectivity index (χ4n) is 7.07. The summed E-state index contributed by atoms with van der Waals surface area (Å²) in [6.45, 7) is 5.24. The molecule has 0 saturated heterocycles. The van der Waals surface area contributed by atoms with E-state index in [1.807, 2.05) is 6.08 Å². The van der Waals surface area contributed by atoms with Gasteiger partial charge in [0.25, 0.3) is 0 Å². The van der Waals surface area contributed by atoms with E-state index in [9.17, 15) is 9.90 Å². The van der Waals surface area contributed by atoms with Gasteiger partial charge in [0.05, 0.1) is 0 Å². The van der Waals surface area contributed by atoms with Gasteiger partial charge in [-0.1, -0.05) is 25.8 Å². The van der Waals surface area contributed by atoms with E-state index in [1.54, 1.807) is 0 Å². The Kier molecular flexibility index (Phi) is 3.52. The number of rotatable bonds is 1. The molecule has 3 saturated carbocycles. The highest BCUT2D eigenvalue weighted by molar-refractivity contribution is 5.91. The Morgan fingerprint density at radius 2 is 2.14 bits per heavy atom. The lowest BCUT2D eigenvalue weighted by Crippen LogP contribution is -2.52. The summed E-state index contributed by atoms with van der Waals surface area (Å²) >= 11 is 0. The molecule has 0 amide bonds. The fraction of sp³-hybridized carbons (Fsp3) is 0.850. The van der Waals surface area contributed by atoms with Crippen LogP contribution in [-0.4, -0.2) is 17.5 Å². The Balaban J connectivity index is 1.74. The summed E-state index contributed by atoms with van der Waals surface area (Å²) in [4.78, 5) is 11.8. The first-order chi connectivity index (χ1) is 10.5. The molecule has 0 bridgehead atoms. The van der Waals surface area contributed by atoms with Gasteiger partial charge in [0.1, 0.15) is 0 Å². The monoisotopic (exact) mass is 302 g/mol. The predicted molar refractivity (Wildman–Crippen MR) is 87.2 cm³/mol. The second-order valence-corrected chi connectivity index (χ2v) is 8.97. The van der Waals surface area contributed by atoms with Crippen LogP contribution in [0.4, 0.5) is 0 Å². The minimum absolute atomic E-state index is 0.332. The third-order valence-corrected chi connectivity index (χ3v) is 7.78. The number of hydrogen-bond acceptors (Lipinski definition) is 2. The van der Waals surface area contributed by atoms with Crippen molar-refractivity contribution in [3.8, 4) is 0 Å². The van der Waals surface area contributed by atoms with Gasteiger partial charge in [0, 0.05) is 13.0 Å². The maximum atomic E-state index is 11.8. The molecular weight excluding hydrogens is 272 g/mol. The average Bonchev–Trinajstić information content (AvgIpc) is 2.87. The van der Waals surface area contributed by atoms with E-state index >= 15 is 0 Å². The van der Waals surface area contributed by atoms with Crippen LogP contribution in [-0.2, 0) is 4.79 Å². The van der Waals surface area contributed by atoms with Gasteiger partial charge >= 0.3 is 0 Å². The molecule has 4 aliphatic rings. The molecule has 3 fully saturated rings. The van der Waals surface area contributed by atoms with Gasteiger partial charge in [-0.05, 0) is 79.1 Å². The number of carbonyl (C=O) groups is 1. The third kappa shape index (κ3) is 2.06. The lowest BCUT2D eigenvalue weighted by Gasteiger charge is -2.58. The van der Waals surface area contributed by atoms with Gasteiger partial charge < -0.3 is 5.11 Å². The molecule has 0 unspecified atom stereocenters. The van der Waals surface area contributed by atoms with E-state index in [0.29, 0.717) is 41.5 Å². The SMILES string of the molecule is C[C@@H]1CC2=CC(=O)CC[C@@H]2[C@H]2[C@@H](CO)C[C@]3(C)CCC[C@H]3[C@@H]21. The van der Waals surface area contributed by atoms with Crippen molar-refractivity contribution >= 4 is 5.78 Å².